The van der Waals surface area contributed by atoms with Gasteiger partial charge in [0.05, 0.1) is 16.8 Å². The maximum atomic E-state index is 14.1. The first kappa shape index (κ1) is 28.8. The number of Topliss-reactive ketones (excluding diaryl/α,β-unsaturated/α-hetero) is 1. The van der Waals surface area contributed by atoms with Gasteiger partial charge in [-0.15, -0.1) is 11.3 Å². The van der Waals surface area contributed by atoms with E-state index in [4.69, 9.17) is 4.98 Å². The summed E-state index contributed by atoms with van der Waals surface area (Å²) in [5.74, 6) is 0.143. The number of carbonyl (C=O) groups is 1. The Kier molecular flexibility index (Phi) is 7.79. The highest BCUT2D eigenvalue weighted by Crippen LogP contribution is 2.33. The van der Waals surface area contributed by atoms with Crippen LogP contribution < -0.4 is 5.56 Å². The van der Waals surface area contributed by atoms with Crippen LogP contribution >= 0.6 is 23.1 Å². The number of benzene rings is 4. The summed E-state index contributed by atoms with van der Waals surface area (Å²) in [6, 6.07) is 40.1. The highest BCUT2D eigenvalue weighted by Gasteiger charge is 2.21. The Morgan fingerprint density at radius 1 is 0.733 bits per heavy atom. The zero-order valence-corrected chi connectivity index (χ0v) is 26.4. The Balaban J connectivity index is 1.20. The Labute approximate surface area is 269 Å². The average molecular weight is 624 g/mol. The second kappa shape index (κ2) is 12.2. The number of thioether (sulfide) groups is 1. The molecule has 0 bridgehead atoms. The van der Waals surface area contributed by atoms with Crippen molar-refractivity contribution in [1.29, 1.82) is 0 Å². The molecule has 0 radical (unpaired) electrons. The third-order valence-electron chi connectivity index (χ3n) is 7.97. The SMILES string of the molecule is Cc1cc(C(=O)CSc2nc3scc(-c4ccccc4)c3c(=O)n2-c2ccccc2)c(C)n1-c1ccc(-c2ccccc2)cc1. The number of aryl methyl sites for hydroxylation is 1. The highest BCUT2D eigenvalue weighted by atomic mass is 32.2. The lowest BCUT2D eigenvalue weighted by Gasteiger charge is -2.13. The van der Waals surface area contributed by atoms with Crippen LogP contribution in [0.25, 0.3) is 43.8 Å². The Morgan fingerprint density at radius 3 is 1.98 bits per heavy atom. The lowest BCUT2D eigenvalue weighted by molar-refractivity contribution is 0.102. The Morgan fingerprint density at radius 2 is 1.31 bits per heavy atom. The van der Waals surface area contributed by atoms with Crippen molar-refractivity contribution in [2.45, 2.75) is 19.0 Å². The first-order chi connectivity index (χ1) is 22.0. The molecule has 45 heavy (non-hydrogen) atoms. The molecule has 0 aliphatic heterocycles. The van der Waals surface area contributed by atoms with Gasteiger partial charge in [-0.1, -0.05) is 103 Å². The smallest absolute Gasteiger partial charge is 0.268 e. The van der Waals surface area contributed by atoms with Gasteiger partial charge < -0.3 is 4.57 Å². The minimum atomic E-state index is -0.140. The van der Waals surface area contributed by atoms with Crippen LogP contribution in [0.4, 0.5) is 0 Å². The molecule has 0 unspecified atom stereocenters. The van der Waals surface area contributed by atoms with Crippen LogP contribution in [-0.2, 0) is 0 Å². The van der Waals surface area contributed by atoms with E-state index < -0.39 is 0 Å². The molecule has 5 nitrogen and oxygen atoms in total. The van der Waals surface area contributed by atoms with E-state index in [1.807, 2.05) is 104 Å². The van der Waals surface area contributed by atoms with Crippen molar-refractivity contribution in [1.82, 2.24) is 14.1 Å². The number of nitrogens with zero attached hydrogens (tertiary/aromatic N) is 3. The van der Waals surface area contributed by atoms with Gasteiger partial charge in [-0.25, -0.2) is 4.98 Å². The molecule has 7 heteroatoms. The van der Waals surface area contributed by atoms with E-state index in [0.29, 0.717) is 26.6 Å². The first-order valence-electron chi connectivity index (χ1n) is 14.7. The van der Waals surface area contributed by atoms with Crippen molar-refractivity contribution in [2.24, 2.45) is 0 Å². The van der Waals surface area contributed by atoms with Crippen molar-refractivity contribution >= 4 is 39.1 Å². The molecule has 0 saturated carbocycles. The zero-order valence-electron chi connectivity index (χ0n) is 24.8. The standard InChI is InChI=1S/C38H29N3O2S2/c1-25-22-32(26(2)40(25)31-20-18-28(19-21-31)27-12-6-3-7-13-27)34(42)24-45-38-39-36-35(33(23-44-36)29-14-8-4-9-15-29)37(43)41(38)30-16-10-5-11-17-30/h3-23H,24H2,1-2H3. The van der Waals surface area contributed by atoms with Crippen molar-refractivity contribution in [3.05, 3.63) is 154 Å². The number of thiophene rings is 1. The van der Waals surface area contributed by atoms with Gasteiger partial charge in [-0.05, 0) is 60.9 Å². The summed E-state index contributed by atoms with van der Waals surface area (Å²) in [5.41, 5.74) is 8.28. The molecular formula is C38H29N3O2S2. The summed E-state index contributed by atoms with van der Waals surface area (Å²) in [5, 5.41) is 3.08. The van der Waals surface area contributed by atoms with E-state index in [1.54, 1.807) is 4.57 Å². The fourth-order valence-corrected chi connectivity index (χ4v) is 7.67. The lowest BCUT2D eigenvalue weighted by atomic mass is 10.1. The number of para-hydroxylation sites is 1. The van der Waals surface area contributed by atoms with Gasteiger partial charge >= 0.3 is 0 Å². The third kappa shape index (κ3) is 5.45. The lowest BCUT2D eigenvalue weighted by Crippen LogP contribution is -2.22. The second-order valence-corrected chi connectivity index (χ2v) is 12.6. The van der Waals surface area contributed by atoms with Crippen molar-refractivity contribution in [3.63, 3.8) is 0 Å². The number of carbonyl (C=O) groups excluding carboxylic acids is 1. The van der Waals surface area contributed by atoms with Crippen LogP contribution in [-0.4, -0.2) is 25.7 Å². The number of ketones is 1. The minimum Gasteiger partial charge on any atom is -0.318 e. The summed E-state index contributed by atoms with van der Waals surface area (Å²) in [6.45, 7) is 4.00. The van der Waals surface area contributed by atoms with Gasteiger partial charge in [0.15, 0.2) is 10.9 Å². The number of rotatable bonds is 8. The molecule has 0 aliphatic carbocycles. The van der Waals surface area contributed by atoms with Gasteiger partial charge in [0.2, 0.25) is 0 Å². The molecule has 0 spiro atoms. The zero-order chi connectivity index (χ0) is 30.9. The minimum absolute atomic E-state index is 0.00892. The third-order valence-corrected chi connectivity index (χ3v) is 9.78. The van der Waals surface area contributed by atoms with E-state index >= 15 is 0 Å². The molecule has 0 amide bonds. The molecule has 0 aliphatic rings. The summed E-state index contributed by atoms with van der Waals surface area (Å²) in [7, 11) is 0. The molecule has 4 aromatic carbocycles. The van der Waals surface area contributed by atoms with Gasteiger partial charge in [0.1, 0.15) is 4.83 Å². The summed E-state index contributed by atoms with van der Waals surface area (Å²) >= 11 is 2.75. The normalized spacial score (nSPS) is 11.2. The van der Waals surface area contributed by atoms with Crippen molar-refractivity contribution in [3.8, 4) is 33.6 Å². The van der Waals surface area contributed by atoms with Crippen molar-refractivity contribution in [2.75, 3.05) is 5.75 Å². The predicted octanol–water partition coefficient (Wildman–Crippen LogP) is 9.16. The molecule has 0 fully saturated rings. The molecular weight excluding hydrogens is 595 g/mol. The summed E-state index contributed by atoms with van der Waals surface area (Å²) < 4.78 is 3.75. The quantitative estimate of drug-likeness (QED) is 0.0962. The number of hydrogen-bond acceptors (Lipinski definition) is 5. The van der Waals surface area contributed by atoms with Gasteiger partial charge in [0.25, 0.3) is 5.56 Å². The van der Waals surface area contributed by atoms with E-state index in [9.17, 15) is 9.59 Å². The maximum absolute atomic E-state index is 14.1. The second-order valence-electron chi connectivity index (χ2n) is 10.8. The Bertz CT molecular complexity index is 2200. The number of hydrogen-bond donors (Lipinski definition) is 0. The van der Waals surface area contributed by atoms with Crippen LogP contribution in [0.15, 0.2) is 137 Å². The molecule has 7 rings (SSSR count). The number of fused-ring (bicyclic) bond motifs is 1. The van der Waals surface area contributed by atoms with Crippen LogP contribution in [0.3, 0.4) is 0 Å². The van der Waals surface area contributed by atoms with Gasteiger partial charge in [-0.3, -0.25) is 14.2 Å². The van der Waals surface area contributed by atoms with Crippen LogP contribution in [0.1, 0.15) is 21.7 Å². The number of aromatic nitrogens is 3. The summed E-state index contributed by atoms with van der Waals surface area (Å²) in [4.78, 5) is 33.4. The molecule has 7 aromatic rings. The molecule has 220 valence electrons. The van der Waals surface area contributed by atoms with Crippen molar-refractivity contribution < 1.29 is 4.79 Å². The molecule has 3 aromatic heterocycles. The van der Waals surface area contributed by atoms with E-state index in [2.05, 4.69) is 41.0 Å². The molecule has 0 atom stereocenters. The van der Waals surface area contributed by atoms with E-state index in [1.165, 1.54) is 23.1 Å². The topological polar surface area (TPSA) is 56.9 Å². The molecule has 3 heterocycles. The summed E-state index contributed by atoms with van der Waals surface area (Å²) in [6.07, 6.45) is 0. The highest BCUT2D eigenvalue weighted by molar-refractivity contribution is 7.99. The monoisotopic (exact) mass is 623 g/mol. The van der Waals surface area contributed by atoms with E-state index in [-0.39, 0.29) is 17.1 Å². The average Bonchev–Trinajstić information content (AvgIpc) is 3.65. The van der Waals surface area contributed by atoms with Crippen LogP contribution in [0.2, 0.25) is 0 Å². The largest absolute Gasteiger partial charge is 0.318 e. The first-order valence-corrected chi connectivity index (χ1v) is 16.5. The van der Waals surface area contributed by atoms with Gasteiger partial charge in [0, 0.05) is 33.6 Å². The Hall–Kier alpha value is -4.98. The fraction of sp³-hybridized carbons (Fsp3) is 0.0789. The predicted molar refractivity (Wildman–Crippen MR) is 186 cm³/mol. The molecule has 0 N–H and O–H groups in total. The fourth-order valence-electron chi connectivity index (χ4n) is 5.79. The van der Waals surface area contributed by atoms with E-state index in [0.717, 1.165) is 39.3 Å². The van der Waals surface area contributed by atoms with Crippen LogP contribution in [0.5, 0.6) is 0 Å². The maximum Gasteiger partial charge on any atom is 0.268 e. The van der Waals surface area contributed by atoms with Gasteiger partial charge in [-0.2, -0.15) is 0 Å². The molecule has 0 saturated heterocycles. The van der Waals surface area contributed by atoms with Crippen LogP contribution in [0, 0.1) is 13.8 Å².